The quantitative estimate of drug-likeness (QED) is 0.0903. The molecule has 0 bridgehead atoms. The molecule has 8 rings (SSSR count). The molecule has 4 aromatic heterocycles. The summed E-state index contributed by atoms with van der Waals surface area (Å²) >= 11 is 5.77. The highest BCUT2D eigenvalue weighted by Gasteiger charge is 2.45. The summed E-state index contributed by atoms with van der Waals surface area (Å²) in [6.45, 7) is 1.89. The highest BCUT2D eigenvalue weighted by molar-refractivity contribution is 14.0. The fourth-order valence-electron chi connectivity index (χ4n) is 7.24. The molecule has 8 N–H and O–H groups in total. The Kier molecular flexibility index (Phi) is 12.1. The van der Waals surface area contributed by atoms with Crippen LogP contribution in [0.4, 0.5) is 11.6 Å². The smallest absolute Gasteiger partial charge is 0.167 e. The molecule has 51 heavy (non-hydrogen) atoms. The number of halogens is 2. The van der Waals surface area contributed by atoms with E-state index in [1.54, 1.807) is 9.13 Å². The molecule has 4 unspecified atom stereocenters. The SMILES string of the molecule is CC[C@H]1O[C@@H](n2cnc3c(NC4CCCC4O)ncnc32)[C@H](O)[C@@H]1O.I.OC1CCCC1Nc1ncnc2c1ncn2[C@@H]1O[C@H](CCl)[C@@H](O)[C@H]1O. The van der Waals surface area contributed by atoms with Gasteiger partial charge in [-0.05, 0) is 44.9 Å². The Morgan fingerprint density at radius 2 is 1.12 bits per heavy atom. The molecule has 4 aliphatic rings. The van der Waals surface area contributed by atoms with Gasteiger partial charge >= 0.3 is 0 Å². The van der Waals surface area contributed by atoms with Crippen molar-refractivity contribution in [1.82, 2.24) is 39.0 Å². The van der Waals surface area contributed by atoms with Crippen molar-refractivity contribution >= 4 is 69.5 Å². The zero-order valence-electron chi connectivity index (χ0n) is 27.8. The fraction of sp³-hybridized carbons (Fsp3) is 0.677. The van der Waals surface area contributed by atoms with Crippen molar-refractivity contribution < 1.29 is 40.1 Å². The lowest BCUT2D eigenvalue weighted by Gasteiger charge is -2.18. The normalized spacial score (nSPS) is 34.8. The first-order valence-corrected chi connectivity index (χ1v) is 17.6. The molecule has 2 aliphatic heterocycles. The van der Waals surface area contributed by atoms with Crippen molar-refractivity contribution in [3.05, 3.63) is 25.3 Å². The van der Waals surface area contributed by atoms with Crippen LogP contribution in [0.15, 0.2) is 25.3 Å². The van der Waals surface area contributed by atoms with Crippen LogP contribution in [0.1, 0.15) is 64.3 Å². The van der Waals surface area contributed by atoms with Crippen molar-refractivity contribution in [3.8, 4) is 0 Å². The molecule has 18 nitrogen and oxygen atoms in total. The molecular weight excluding hydrogens is 803 g/mol. The number of hydrogen-bond acceptors (Lipinski definition) is 16. The number of fused-ring (bicyclic) bond motifs is 2. The number of nitrogens with one attached hydrogen (secondary N) is 2. The maximum atomic E-state index is 10.3. The second-order valence-electron chi connectivity index (χ2n) is 13.2. The van der Waals surface area contributed by atoms with Crippen molar-refractivity contribution in [2.75, 3.05) is 16.5 Å². The highest BCUT2D eigenvalue weighted by atomic mass is 127. The van der Waals surface area contributed by atoms with Crippen LogP contribution in [0.3, 0.4) is 0 Å². The number of rotatable bonds is 8. The van der Waals surface area contributed by atoms with Gasteiger partial charge in [-0.15, -0.1) is 35.6 Å². The minimum Gasteiger partial charge on any atom is -0.391 e. The lowest BCUT2D eigenvalue weighted by atomic mass is 10.1. The van der Waals surface area contributed by atoms with E-state index in [-0.39, 0.29) is 41.9 Å². The predicted molar refractivity (Wildman–Crippen MR) is 193 cm³/mol. The molecule has 12 atom stereocenters. The van der Waals surface area contributed by atoms with Crippen molar-refractivity contribution in [2.45, 2.75) is 125 Å². The van der Waals surface area contributed by atoms with Crippen LogP contribution in [0.5, 0.6) is 0 Å². The molecule has 2 aliphatic carbocycles. The van der Waals surface area contributed by atoms with Crippen molar-refractivity contribution in [3.63, 3.8) is 0 Å². The lowest BCUT2D eigenvalue weighted by Crippen LogP contribution is -2.32. The molecule has 0 aromatic carbocycles. The third-order valence-electron chi connectivity index (χ3n) is 10.1. The van der Waals surface area contributed by atoms with Gasteiger partial charge in [-0.3, -0.25) is 9.13 Å². The molecular formula is C31H44ClIN10O8. The van der Waals surface area contributed by atoms with Gasteiger partial charge in [0.25, 0.3) is 0 Å². The van der Waals surface area contributed by atoms with Crippen LogP contribution in [0, 0.1) is 0 Å². The fourth-order valence-corrected chi connectivity index (χ4v) is 7.49. The highest BCUT2D eigenvalue weighted by Crippen LogP contribution is 2.35. The summed E-state index contributed by atoms with van der Waals surface area (Å²) in [5, 5.41) is 67.1. The Hall–Kier alpha value is -2.60. The van der Waals surface area contributed by atoms with Crippen LogP contribution in [-0.4, -0.2) is 136 Å². The number of hydrogen-bond donors (Lipinski definition) is 8. The summed E-state index contributed by atoms with van der Waals surface area (Å²) in [5.41, 5.74) is 2.04. The minimum absolute atomic E-state index is 0. The van der Waals surface area contributed by atoms with Gasteiger partial charge in [0.05, 0.1) is 48.9 Å². The molecule has 0 spiro atoms. The Bertz CT molecular complexity index is 1650. The van der Waals surface area contributed by atoms with Gasteiger partial charge in [0, 0.05) is 0 Å². The average molecular weight is 847 g/mol. The van der Waals surface area contributed by atoms with Gasteiger partial charge in [0.2, 0.25) is 0 Å². The van der Waals surface area contributed by atoms with E-state index >= 15 is 0 Å². The Balaban J connectivity index is 0.000000172. The predicted octanol–water partition coefficient (Wildman–Crippen LogP) is 0.808. The second-order valence-corrected chi connectivity index (χ2v) is 13.6. The first-order chi connectivity index (χ1) is 24.2. The maximum absolute atomic E-state index is 10.3. The number of aromatic nitrogens is 8. The number of anilines is 2. The number of imidazole rings is 2. The second kappa shape index (κ2) is 16.2. The third kappa shape index (κ3) is 7.34. The summed E-state index contributed by atoms with van der Waals surface area (Å²) in [6, 6.07) is -0.123. The molecule has 280 valence electrons. The Morgan fingerprint density at radius 1 is 0.667 bits per heavy atom. The number of nitrogens with zero attached hydrogens (tertiary/aromatic N) is 8. The lowest BCUT2D eigenvalue weighted by molar-refractivity contribution is -0.0355. The summed E-state index contributed by atoms with van der Waals surface area (Å²) in [6.07, 6.45) is 3.97. The zero-order chi connectivity index (χ0) is 35.1. The largest absolute Gasteiger partial charge is 0.391 e. The summed E-state index contributed by atoms with van der Waals surface area (Å²) in [5.74, 6) is 1.15. The van der Waals surface area contributed by atoms with E-state index in [1.807, 2.05) is 6.92 Å². The summed E-state index contributed by atoms with van der Waals surface area (Å²) in [4.78, 5) is 25.7. The van der Waals surface area contributed by atoms with E-state index in [0.717, 1.165) is 38.5 Å². The standard InChI is InChI=1S/C16H23N5O4.C15H20ClN5O4.HI/c1-2-10-12(23)13(24)16(25-10)21-7-19-11-14(17-6-18-15(11)21)20-8-4-3-5-9(8)22;16-4-9-11(23)12(24)15(25-9)21-6-19-10-13(17-5-18-14(10)21)20-7-2-1-3-8(7)22;/h6-10,12-13,16,22-24H,2-5H2,1H3,(H,17,18,20);5-9,11-12,15,22-24H,1-4H2,(H,17,18,20);1H/t8?,9?,10-,12-,13-,16-;7?,8?,9-,11-,12-,15-;/m11./s1. The summed E-state index contributed by atoms with van der Waals surface area (Å²) in [7, 11) is 0. The zero-order valence-corrected chi connectivity index (χ0v) is 30.8. The van der Waals surface area contributed by atoms with Gasteiger partial charge in [0.1, 0.15) is 43.2 Å². The van der Waals surface area contributed by atoms with Crippen LogP contribution in [0.2, 0.25) is 0 Å². The van der Waals surface area contributed by atoms with E-state index in [4.69, 9.17) is 21.1 Å². The third-order valence-corrected chi connectivity index (χ3v) is 10.4. The first kappa shape index (κ1) is 38.1. The van der Waals surface area contributed by atoms with E-state index in [1.165, 1.54) is 25.3 Å². The molecule has 6 heterocycles. The monoisotopic (exact) mass is 846 g/mol. The van der Waals surface area contributed by atoms with Crippen LogP contribution in [0.25, 0.3) is 22.3 Å². The minimum atomic E-state index is -1.14. The van der Waals surface area contributed by atoms with Gasteiger partial charge in [-0.1, -0.05) is 6.92 Å². The molecule has 2 saturated heterocycles. The van der Waals surface area contributed by atoms with E-state index in [9.17, 15) is 30.6 Å². The molecule has 2 saturated carbocycles. The number of aliphatic hydroxyl groups excluding tert-OH is 6. The molecule has 20 heteroatoms. The topological polar surface area (TPSA) is 251 Å². The van der Waals surface area contributed by atoms with Crippen molar-refractivity contribution in [1.29, 1.82) is 0 Å². The van der Waals surface area contributed by atoms with Crippen LogP contribution < -0.4 is 10.6 Å². The molecule has 4 fully saturated rings. The Morgan fingerprint density at radius 3 is 1.49 bits per heavy atom. The molecule has 0 radical (unpaired) electrons. The first-order valence-electron chi connectivity index (χ1n) is 17.0. The van der Waals surface area contributed by atoms with E-state index in [0.29, 0.717) is 40.4 Å². The van der Waals surface area contributed by atoms with E-state index < -0.39 is 61.3 Å². The molecule has 0 amide bonds. The van der Waals surface area contributed by atoms with Gasteiger partial charge in [-0.2, -0.15) is 0 Å². The average Bonchev–Trinajstić information content (AvgIpc) is 3.98. The van der Waals surface area contributed by atoms with Gasteiger partial charge in [-0.25, -0.2) is 29.9 Å². The summed E-state index contributed by atoms with van der Waals surface area (Å²) < 4.78 is 14.6. The number of aliphatic hydroxyl groups is 6. The van der Waals surface area contributed by atoms with Crippen molar-refractivity contribution in [2.24, 2.45) is 0 Å². The van der Waals surface area contributed by atoms with E-state index in [2.05, 4.69) is 40.5 Å². The van der Waals surface area contributed by atoms with Crippen LogP contribution in [-0.2, 0) is 9.47 Å². The number of alkyl halides is 1. The number of ether oxygens (including phenoxy) is 2. The van der Waals surface area contributed by atoms with Gasteiger partial charge in [0.15, 0.2) is 46.4 Å². The van der Waals surface area contributed by atoms with Crippen LogP contribution >= 0.6 is 35.6 Å². The molecule has 4 aromatic rings. The van der Waals surface area contributed by atoms with Gasteiger partial charge < -0.3 is 50.7 Å². The Labute approximate surface area is 314 Å². The maximum Gasteiger partial charge on any atom is 0.167 e.